The molecule has 0 unspecified atom stereocenters. The maximum atomic E-state index is 12.2. The van der Waals surface area contributed by atoms with Crippen molar-refractivity contribution in [2.75, 3.05) is 0 Å². The van der Waals surface area contributed by atoms with Crippen molar-refractivity contribution in [3.63, 3.8) is 0 Å². The van der Waals surface area contributed by atoms with Crippen LogP contribution in [0, 0.1) is 13.8 Å². The van der Waals surface area contributed by atoms with Crippen LogP contribution >= 0.6 is 0 Å². The van der Waals surface area contributed by atoms with Gasteiger partial charge in [-0.15, -0.1) is 0 Å². The van der Waals surface area contributed by atoms with Crippen molar-refractivity contribution in [1.29, 1.82) is 0 Å². The quantitative estimate of drug-likeness (QED) is 0.243. The molecule has 6 heteroatoms. The monoisotopic (exact) mass is 404 g/mol. The molecular weight excluding hydrogens is 380 g/mol. The second kappa shape index (κ2) is 8.14. The first-order valence-electron chi connectivity index (χ1n) is 10.2. The van der Waals surface area contributed by atoms with Gasteiger partial charge in [-0.1, -0.05) is 6.42 Å². The van der Waals surface area contributed by atoms with Crippen LogP contribution < -0.4 is 4.74 Å². The van der Waals surface area contributed by atoms with Gasteiger partial charge in [-0.2, -0.15) is 0 Å². The second-order valence-corrected chi connectivity index (χ2v) is 7.68. The van der Waals surface area contributed by atoms with Crippen LogP contribution in [0.4, 0.5) is 0 Å². The van der Waals surface area contributed by atoms with E-state index in [1.165, 1.54) is 10.9 Å². The molecule has 154 valence electrons. The summed E-state index contributed by atoms with van der Waals surface area (Å²) in [7, 11) is 0. The van der Waals surface area contributed by atoms with Gasteiger partial charge in [-0.3, -0.25) is 14.6 Å². The smallest absolute Gasteiger partial charge is 0.311 e. The highest BCUT2D eigenvalue weighted by molar-refractivity contribution is 6.16. The number of aliphatic carboxylic acids is 1. The molecule has 2 heterocycles. The minimum absolute atomic E-state index is 0.134. The van der Waals surface area contributed by atoms with Crippen molar-refractivity contribution < 1.29 is 19.4 Å². The fourth-order valence-electron chi connectivity index (χ4n) is 4.10. The van der Waals surface area contributed by atoms with Crippen molar-refractivity contribution in [2.45, 2.75) is 46.0 Å². The number of aryl methyl sites for hydroxylation is 2. The molecule has 0 saturated carbocycles. The molecular formula is C24H24N2O4. The Hall–Kier alpha value is -3.41. The standard InChI is InChI=1S/C24H24N2O4/c1-14-19-13-25-11-10-17(19)15(2)24-23(14)18-12-16(8-9-20(18)26-24)30-22(29)7-5-3-4-6-21(27)28/h8-13,26H,3-7H2,1-2H3,(H,27,28). The summed E-state index contributed by atoms with van der Waals surface area (Å²) in [4.78, 5) is 30.5. The molecule has 2 aromatic heterocycles. The number of carbonyl (C=O) groups excluding carboxylic acids is 1. The summed E-state index contributed by atoms with van der Waals surface area (Å²) in [6.45, 7) is 4.19. The lowest BCUT2D eigenvalue weighted by Crippen LogP contribution is -2.07. The van der Waals surface area contributed by atoms with Crippen molar-refractivity contribution in [1.82, 2.24) is 9.97 Å². The van der Waals surface area contributed by atoms with Gasteiger partial charge in [0.1, 0.15) is 5.75 Å². The van der Waals surface area contributed by atoms with E-state index in [0.29, 0.717) is 25.0 Å². The molecule has 2 aromatic carbocycles. The van der Waals surface area contributed by atoms with Gasteiger partial charge >= 0.3 is 11.9 Å². The highest BCUT2D eigenvalue weighted by Crippen LogP contribution is 2.37. The zero-order valence-corrected chi connectivity index (χ0v) is 17.1. The number of aromatic amines is 1. The topological polar surface area (TPSA) is 92.3 Å². The van der Waals surface area contributed by atoms with Crippen molar-refractivity contribution >= 4 is 44.5 Å². The molecule has 0 amide bonds. The van der Waals surface area contributed by atoms with Crippen LogP contribution in [0.2, 0.25) is 0 Å². The number of benzene rings is 2. The van der Waals surface area contributed by atoms with Gasteiger partial charge in [-0.25, -0.2) is 0 Å². The summed E-state index contributed by atoms with van der Waals surface area (Å²) in [6, 6.07) is 7.68. The number of fused-ring (bicyclic) bond motifs is 4. The number of carboxylic acid groups (broad SMARTS) is 1. The molecule has 0 radical (unpaired) electrons. The Morgan fingerprint density at radius 1 is 1.00 bits per heavy atom. The van der Waals surface area contributed by atoms with Crippen LogP contribution in [-0.2, 0) is 9.59 Å². The Morgan fingerprint density at radius 3 is 2.60 bits per heavy atom. The first-order chi connectivity index (χ1) is 14.5. The highest BCUT2D eigenvalue weighted by Gasteiger charge is 2.15. The normalized spacial score (nSPS) is 11.4. The number of rotatable bonds is 7. The van der Waals surface area contributed by atoms with Crippen molar-refractivity contribution in [3.05, 3.63) is 47.8 Å². The number of carboxylic acids is 1. The van der Waals surface area contributed by atoms with Gasteiger partial charge < -0.3 is 14.8 Å². The van der Waals surface area contributed by atoms with E-state index in [1.54, 1.807) is 6.07 Å². The molecule has 0 saturated heterocycles. The van der Waals surface area contributed by atoms with E-state index in [1.807, 2.05) is 30.6 Å². The molecule has 6 nitrogen and oxygen atoms in total. The van der Waals surface area contributed by atoms with Crippen LogP contribution in [-0.4, -0.2) is 27.0 Å². The lowest BCUT2D eigenvalue weighted by molar-refractivity contribution is -0.137. The van der Waals surface area contributed by atoms with E-state index < -0.39 is 5.97 Å². The SMILES string of the molecule is Cc1c2ccncc2c(C)c2c1[nH]c1ccc(OC(=O)CCCCCC(=O)O)cc12. The molecule has 0 fully saturated rings. The molecule has 0 aliphatic carbocycles. The summed E-state index contributed by atoms with van der Waals surface area (Å²) in [5, 5.41) is 13.1. The predicted molar refractivity (Wildman–Crippen MR) is 117 cm³/mol. The minimum Gasteiger partial charge on any atom is -0.481 e. The average molecular weight is 404 g/mol. The van der Waals surface area contributed by atoms with Gasteiger partial charge in [0, 0.05) is 46.9 Å². The lowest BCUT2D eigenvalue weighted by atomic mass is 9.97. The van der Waals surface area contributed by atoms with E-state index in [0.717, 1.165) is 32.8 Å². The first kappa shape index (κ1) is 19.9. The van der Waals surface area contributed by atoms with Gasteiger partial charge in [0.2, 0.25) is 0 Å². The number of H-pyrrole nitrogens is 1. The highest BCUT2D eigenvalue weighted by atomic mass is 16.5. The number of unbranched alkanes of at least 4 members (excludes halogenated alkanes) is 2. The number of esters is 1. The predicted octanol–water partition coefficient (Wildman–Crippen LogP) is 5.43. The fraction of sp³-hybridized carbons (Fsp3) is 0.292. The van der Waals surface area contributed by atoms with Crippen LogP contribution in [0.1, 0.15) is 43.2 Å². The van der Waals surface area contributed by atoms with E-state index >= 15 is 0 Å². The summed E-state index contributed by atoms with van der Waals surface area (Å²) < 4.78 is 5.54. The molecule has 30 heavy (non-hydrogen) atoms. The number of nitrogens with zero attached hydrogens (tertiary/aromatic N) is 1. The molecule has 0 atom stereocenters. The third kappa shape index (κ3) is 3.73. The average Bonchev–Trinajstić information content (AvgIpc) is 3.11. The molecule has 2 N–H and O–H groups in total. The largest absolute Gasteiger partial charge is 0.481 e. The molecule has 0 spiro atoms. The number of ether oxygens (including phenoxy) is 1. The Balaban J connectivity index is 1.60. The van der Waals surface area contributed by atoms with Crippen molar-refractivity contribution in [2.24, 2.45) is 0 Å². The Morgan fingerprint density at radius 2 is 1.80 bits per heavy atom. The number of hydrogen-bond acceptors (Lipinski definition) is 4. The second-order valence-electron chi connectivity index (χ2n) is 7.68. The third-order valence-electron chi connectivity index (χ3n) is 5.65. The van der Waals surface area contributed by atoms with E-state index in [2.05, 4.69) is 23.8 Å². The van der Waals surface area contributed by atoms with Crippen LogP contribution in [0.5, 0.6) is 5.75 Å². The summed E-state index contributed by atoms with van der Waals surface area (Å²) in [6.07, 6.45) is 6.01. The van der Waals surface area contributed by atoms with E-state index in [4.69, 9.17) is 9.84 Å². The minimum atomic E-state index is -0.807. The number of nitrogens with one attached hydrogen (secondary N) is 1. The maximum Gasteiger partial charge on any atom is 0.311 e. The zero-order valence-electron chi connectivity index (χ0n) is 17.1. The Bertz CT molecular complexity index is 1270. The summed E-state index contributed by atoms with van der Waals surface area (Å²) in [5.74, 6) is -0.590. The Kier molecular flexibility index (Phi) is 5.40. The van der Waals surface area contributed by atoms with Gasteiger partial charge in [0.25, 0.3) is 0 Å². The Labute approximate surface area is 173 Å². The molecule has 4 aromatic rings. The molecule has 0 bridgehead atoms. The van der Waals surface area contributed by atoms with Crippen LogP contribution in [0.25, 0.3) is 32.6 Å². The number of pyridine rings is 1. The maximum absolute atomic E-state index is 12.2. The van der Waals surface area contributed by atoms with Gasteiger partial charge in [0.05, 0.1) is 5.52 Å². The molecule has 0 aliphatic heterocycles. The number of carbonyl (C=O) groups is 2. The van der Waals surface area contributed by atoms with Crippen LogP contribution in [0.3, 0.4) is 0 Å². The van der Waals surface area contributed by atoms with Gasteiger partial charge in [0.15, 0.2) is 0 Å². The molecule has 4 rings (SSSR count). The molecule has 0 aliphatic rings. The first-order valence-corrected chi connectivity index (χ1v) is 10.2. The van der Waals surface area contributed by atoms with Gasteiger partial charge in [-0.05, 0) is 67.5 Å². The van der Waals surface area contributed by atoms with E-state index in [-0.39, 0.29) is 18.8 Å². The van der Waals surface area contributed by atoms with Crippen molar-refractivity contribution in [3.8, 4) is 5.75 Å². The van der Waals surface area contributed by atoms with E-state index in [9.17, 15) is 9.59 Å². The third-order valence-corrected chi connectivity index (χ3v) is 5.65. The fourth-order valence-corrected chi connectivity index (χ4v) is 4.10. The number of hydrogen-bond donors (Lipinski definition) is 2. The summed E-state index contributed by atoms with van der Waals surface area (Å²) in [5.41, 5.74) is 4.40. The lowest BCUT2D eigenvalue weighted by Gasteiger charge is -2.08. The summed E-state index contributed by atoms with van der Waals surface area (Å²) >= 11 is 0. The van der Waals surface area contributed by atoms with Crippen LogP contribution in [0.15, 0.2) is 36.7 Å². The number of aromatic nitrogens is 2. The zero-order chi connectivity index (χ0) is 21.3.